The second kappa shape index (κ2) is 7.36. The highest BCUT2D eigenvalue weighted by Crippen LogP contribution is 2.36. The van der Waals surface area contributed by atoms with E-state index in [0.717, 1.165) is 17.4 Å². The molecule has 0 aliphatic carbocycles. The van der Waals surface area contributed by atoms with Crippen LogP contribution in [0.2, 0.25) is 5.02 Å². The van der Waals surface area contributed by atoms with Crippen LogP contribution in [0.3, 0.4) is 0 Å². The molecule has 1 N–H and O–H groups in total. The highest BCUT2D eigenvalue weighted by molar-refractivity contribution is 7.93. The van der Waals surface area contributed by atoms with Crippen LogP contribution in [-0.4, -0.2) is 26.1 Å². The van der Waals surface area contributed by atoms with Gasteiger partial charge in [0.2, 0.25) is 6.77 Å². The molecule has 0 spiro atoms. The maximum absolute atomic E-state index is 13.1. The number of nitrogens with one attached hydrogen (secondary N) is 1. The van der Waals surface area contributed by atoms with Crippen LogP contribution in [0.1, 0.15) is 36.1 Å². The molecule has 1 aliphatic heterocycles. The van der Waals surface area contributed by atoms with Gasteiger partial charge in [-0.15, -0.1) is 11.3 Å². The molecular weight excluding hydrogens is 440 g/mol. The lowest BCUT2D eigenvalue weighted by molar-refractivity contribution is 0.0994. The van der Waals surface area contributed by atoms with Crippen LogP contribution in [0, 0.1) is 13.7 Å². The summed E-state index contributed by atoms with van der Waals surface area (Å²) < 4.78 is 95.9. The van der Waals surface area contributed by atoms with E-state index in [4.69, 9.17) is 35.2 Å². The Kier molecular flexibility index (Phi) is 3.27. The number of aryl methyl sites for hydroxylation is 2. The Morgan fingerprint density at radius 2 is 2.17 bits per heavy atom. The second-order valence-electron chi connectivity index (χ2n) is 5.78. The maximum atomic E-state index is 13.1. The van der Waals surface area contributed by atoms with E-state index in [2.05, 4.69) is 5.16 Å². The average molecular weight is 462 g/mol. The molecule has 1 unspecified atom stereocenters. The van der Waals surface area contributed by atoms with Gasteiger partial charge in [0.15, 0.2) is 17.3 Å². The second-order valence-corrected chi connectivity index (χ2v) is 8.73. The first-order chi connectivity index (χ1) is 16.6. The van der Waals surface area contributed by atoms with Crippen LogP contribution in [0.25, 0.3) is 0 Å². The number of ketones is 1. The molecule has 0 radical (unpaired) electrons. The molecule has 2 aromatic heterocycles. The molecule has 29 heavy (non-hydrogen) atoms. The van der Waals surface area contributed by atoms with Crippen LogP contribution >= 0.6 is 22.9 Å². The van der Waals surface area contributed by atoms with E-state index < -0.39 is 64.2 Å². The molecule has 0 amide bonds. The van der Waals surface area contributed by atoms with Crippen LogP contribution in [0.15, 0.2) is 33.0 Å². The molecule has 3 aromatic rings. The first-order valence-corrected chi connectivity index (χ1v) is 10.5. The van der Waals surface area contributed by atoms with Crippen molar-refractivity contribution in [1.29, 1.82) is 0 Å². The van der Waals surface area contributed by atoms with E-state index in [0.29, 0.717) is 0 Å². The summed E-state index contributed by atoms with van der Waals surface area (Å²) in [5.74, 6) is -1.24. The number of aromatic nitrogens is 1. The fourth-order valence-electron chi connectivity index (χ4n) is 2.55. The van der Waals surface area contributed by atoms with Gasteiger partial charge < -0.3 is 14.0 Å². The summed E-state index contributed by atoms with van der Waals surface area (Å²) in [6.45, 7) is -6.77. The Labute approximate surface area is 185 Å². The third-order valence-electron chi connectivity index (χ3n) is 3.91. The van der Waals surface area contributed by atoms with Crippen molar-refractivity contribution in [2.75, 3.05) is 11.5 Å². The zero-order valence-electron chi connectivity index (χ0n) is 21.2. The van der Waals surface area contributed by atoms with Crippen molar-refractivity contribution in [3.63, 3.8) is 0 Å². The number of benzene rings is 1. The summed E-state index contributed by atoms with van der Waals surface area (Å²) >= 11 is 6.71. The average Bonchev–Trinajstić information content (AvgIpc) is 3.44. The van der Waals surface area contributed by atoms with Gasteiger partial charge in [-0.05, 0) is 48.4 Å². The summed E-state index contributed by atoms with van der Waals surface area (Å²) in [6.07, 6.45) is -0.498. The minimum Gasteiger partial charge on any atom is -0.454 e. The zero-order chi connectivity index (χ0) is 26.6. The van der Waals surface area contributed by atoms with E-state index in [1.807, 2.05) is 4.72 Å². The third kappa shape index (κ3) is 3.70. The van der Waals surface area contributed by atoms with Crippen LogP contribution in [0.4, 0.5) is 5.88 Å². The molecular formula is C18H15ClN2O6S2. The number of thiophene rings is 1. The summed E-state index contributed by atoms with van der Waals surface area (Å²) in [6, 6.07) is 3.58. The molecule has 0 saturated carbocycles. The fourth-order valence-corrected chi connectivity index (χ4v) is 5.10. The van der Waals surface area contributed by atoms with Crippen molar-refractivity contribution < 1.29 is 36.8 Å². The Hall–Kier alpha value is -2.56. The predicted molar refractivity (Wildman–Crippen MR) is 107 cm³/mol. The van der Waals surface area contributed by atoms with Crippen molar-refractivity contribution in [3.05, 3.63) is 50.3 Å². The smallest absolute Gasteiger partial charge is 0.265 e. The van der Waals surface area contributed by atoms with Gasteiger partial charge in [-0.3, -0.25) is 4.79 Å². The van der Waals surface area contributed by atoms with Gasteiger partial charge in [0, 0.05) is 14.6 Å². The number of fused-ring (bicyclic) bond motifs is 1. The molecule has 152 valence electrons. The molecule has 3 heterocycles. The lowest BCUT2D eigenvalue weighted by Crippen LogP contribution is -2.16. The molecule has 4 rings (SSSR count). The normalized spacial score (nSPS) is 19.9. The fraction of sp³-hybridized carbons (Fsp3) is 0.222. The van der Waals surface area contributed by atoms with Gasteiger partial charge in [0.25, 0.3) is 15.9 Å². The summed E-state index contributed by atoms with van der Waals surface area (Å²) in [7, 11) is -4.49. The number of ether oxygens (including phenoxy) is 2. The van der Waals surface area contributed by atoms with Crippen LogP contribution in [0.5, 0.6) is 11.5 Å². The van der Waals surface area contributed by atoms with Crippen LogP contribution < -0.4 is 14.2 Å². The van der Waals surface area contributed by atoms with Crippen molar-refractivity contribution in [2.45, 2.75) is 25.0 Å². The van der Waals surface area contributed by atoms with E-state index in [9.17, 15) is 13.2 Å². The van der Waals surface area contributed by atoms with Gasteiger partial charge in [0.1, 0.15) is 17.0 Å². The molecule has 1 aromatic carbocycles. The molecule has 1 aliphatic rings. The van der Waals surface area contributed by atoms with Gasteiger partial charge >= 0.3 is 0 Å². The van der Waals surface area contributed by atoms with Crippen molar-refractivity contribution in [1.82, 2.24) is 5.16 Å². The number of sulfonamides is 1. The summed E-state index contributed by atoms with van der Waals surface area (Å²) in [4.78, 5) is 12.5. The summed E-state index contributed by atoms with van der Waals surface area (Å²) in [5, 5.41) is 4.06. The SMILES string of the molecule is [2H]C1Oc2cc(CC(=O)c3sccc3S(=O)(=O)Nc3onc(C([2H])([2H])[2H])c3Cl)c(C([2H])([2H])[2H])cc2O1. The van der Waals surface area contributed by atoms with E-state index in [1.54, 1.807) is 0 Å². The highest BCUT2D eigenvalue weighted by Gasteiger charge is 2.27. The first kappa shape index (κ1) is 12.9. The number of anilines is 1. The highest BCUT2D eigenvalue weighted by atomic mass is 35.5. The standard InChI is InChI=1S/C18H15ClN2O6S2/c1-9-5-13-14(26-8-25-13)7-11(9)6-12(22)17-15(3-4-28-17)29(23,24)21-18-16(19)10(2)20-27-18/h3-5,7,21H,6,8H2,1-2H3/i1D3,2D3,8D. The number of rotatable bonds is 6. The molecule has 11 heteroatoms. The monoisotopic (exact) mass is 461 g/mol. The zero-order valence-corrected chi connectivity index (χ0v) is 16.6. The van der Waals surface area contributed by atoms with Crippen molar-refractivity contribution in [2.24, 2.45) is 0 Å². The maximum Gasteiger partial charge on any atom is 0.265 e. The molecule has 0 saturated heterocycles. The Morgan fingerprint density at radius 3 is 2.90 bits per heavy atom. The Morgan fingerprint density at radius 1 is 1.38 bits per heavy atom. The molecule has 8 nitrogen and oxygen atoms in total. The van der Waals surface area contributed by atoms with Gasteiger partial charge in [0.05, 0.1) is 4.88 Å². The Bertz CT molecular complexity index is 1450. The molecule has 0 bridgehead atoms. The largest absolute Gasteiger partial charge is 0.454 e. The van der Waals surface area contributed by atoms with Gasteiger partial charge in [-0.25, -0.2) is 13.1 Å². The number of hydrogen-bond donors (Lipinski definition) is 1. The third-order valence-corrected chi connectivity index (χ3v) is 6.71. The van der Waals surface area contributed by atoms with Gasteiger partial charge in [-0.1, -0.05) is 16.8 Å². The minimum atomic E-state index is -4.49. The van der Waals surface area contributed by atoms with Crippen LogP contribution in [-0.2, 0) is 16.4 Å². The van der Waals surface area contributed by atoms with E-state index >= 15 is 0 Å². The number of hydrogen-bond acceptors (Lipinski definition) is 8. The van der Waals surface area contributed by atoms with Crippen molar-refractivity contribution in [3.8, 4) is 11.5 Å². The lowest BCUT2D eigenvalue weighted by Gasteiger charge is -2.09. The number of carbonyl (C=O) groups excluding carboxylic acids is 1. The van der Waals surface area contributed by atoms with E-state index in [-0.39, 0.29) is 27.5 Å². The molecule has 0 fully saturated rings. The topological polar surface area (TPSA) is 108 Å². The predicted octanol–water partition coefficient (Wildman–Crippen LogP) is 3.96. The lowest BCUT2D eigenvalue weighted by atomic mass is 10.0. The van der Waals surface area contributed by atoms with Gasteiger partial charge in [-0.2, -0.15) is 0 Å². The molecule has 1 atom stereocenters. The van der Waals surface area contributed by atoms with Crippen molar-refractivity contribution >= 4 is 44.6 Å². The minimum absolute atomic E-state index is 0.0428. The number of Topliss-reactive ketones (excluding diaryl/α,β-unsaturated/α-hetero) is 1. The number of halogens is 1. The number of nitrogens with zero attached hydrogens (tertiary/aromatic N) is 1. The first-order valence-electron chi connectivity index (χ1n) is 11.4. The summed E-state index contributed by atoms with van der Waals surface area (Å²) in [5.41, 5.74) is -0.808. The quantitative estimate of drug-likeness (QED) is 0.553. The number of carbonyl (C=O) groups is 1. The Balaban J connectivity index is 1.64. The van der Waals surface area contributed by atoms with E-state index in [1.165, 1.54) is 17.5 Å².